The molecular weight excluding hydrogens is 354 g/mol. The van der Waals surface area contributed by atoms with Crippen LogP contribution < -0.4 is 10.9 Å². The summed E-state index contributed by atoms with van der Waals surface area (Å²) >= 11 is 0. The third kappa shape index (κ3) is 2.68. The van der Waals surface area contributed by atoms with Gasteiger partial charge >= 0.3 is 0 Å². The van der Waals surface area contributed by atoms with Crippen molar-refractivity contribution in [1.29, 1.82) is 0 Å². The van der Waals surface area contributed by atoms with Gasteiger partial charge in [-0.25, -0.2) is 10.1 Å². The second-order valence-corrected chi connectivity index (χ2v) is 6.80. The van der Waals surface area contributed by atoms with Crippen molar-refractivity contribution < 1.29 is 4.79 Å². The van der Waals surface area contributed by atoms with E-state index in [0.717, 1.165) is 23.0 Å². The maximum absolute atomic E-state index is 12.8. The number of benzene rings is 2. The summed E-state index contributed by atoms with van der Waals surface area (Å²) in [5.74, 6) is 0.221. The van der Waals surface area contributed by atoms with E-state index in [0.29, 0.717) is 23.5 Å². The van der Waals surface area contributed by atoms with Crippen LogP contribution in [0.4, 0.5) is 0 Å². The van der Waals surface area contributed by atoms with Crippen LogP contribution in [0.5, 0.6) is 0 Å². The third-order valence-electron chi connectivity index (χ3n) is 5.08. The topological polar surface area (TPSA) is 104 Å². The molecular formula is C21H17N5O2. The van der Waals surface area contributed by atoms with E-state index >= 15 is 0 Å². The SMILES string of the molecule is O=C(NCc1nc2ccccc2[nH]1)c1c2c(n[nH]c1=O)-c1ccccc1CC2. The number of para-hydroxylation sites is 2. The third-order valence-corrected chi connectivity index (χ3v) is 5.08. The summed E-state index contributed by atoms with van der Waals surface area (Å²) in [6.45, 7) is 0.209. The lowest BCUT2D eigenvalue weighted by atomic mass is 9.87. The number of aryl methyl sites for hydroxylation is 1. The molecule has 3 N–H and O–H groups in total. The van der Waals surface area contributed by atoms with Crippen molar-refractivity contribution >= 4 is 16.9 Å². The molecule has 7 heteroatoms. The molecule has 1 aliphatic carbocycles. The number of carbonyl (C=O) groups excluding carboxylic acids is 1. The predicted octanol–water partition coefficient (Wildman–Crippen LogP) is 2.34. The Morgan fingerprint density at radius 3 is 2.79 bits per heavy atom. The Kier molecular flexibility index (Phi) is 3.79. The second-order valence-electron chi connectivity index (χ2n) is 6.80. The van der Waals surface area contributed by atoms with Crippen LogP contribution in [0.2, 0.25) is 0 Å². The van der Waals surface area contributed by atoms with Gasteiger partial charge in [-0.15, -0.1) is 0 Å². The zero-order valence-electron chi connectivity index (χ0n) is 15.0. The number of aromatic amines is 2. The normalized spacial score (nSPS) is 12.4. The minimum atomic E-state index is -0.472. The number of aromatic nitrogens is 4. The fourth-order valence-electron chi connectivity index (χ4n) is 3.76. The second kappa shape index (κ2) is 6.45. The van der Waals surface area contributed by atoms with Crippen LogP contribution in [0.15, 0.2) is 53.3 Å². The highest BCUT2D eigenvalue weighted by atomic mass is 16.2. The summed E-state index contributed by atoms with van der Waals surface area (Å²) in [6, 6.07) is 15.6. The number of imidazole rings is 1. The van der Waals surface area contributed by atoms with Crippen LogP contribution >= 0.6 is 0 Å². The molecule has 0 spiro atoms. The Morgan fingerprint density at radius 2 is 1.89 bits per heavy atom. The van der Waals surface area contributed by atoms with Gasteiger partial charge in [0, 0.05) is 5.56 Å². The van der Waals surface area contributed by atoms with E-state index in [-0.39, 0.29) is 12.1 Å². The van der Waals surface area contributed by atoms with Crippen molar-refractivity contribution in [3.05, 3.63) is 81.4 Å². The standard InChI is InChI=1S/C21H17N5O2/c27-20(22-11-17-23-15-7-3-4-8-16(15)24-17)18-14-10-9-12-5-1-2-6-13(12)19(14)25-26-21(18)28/h1-8H,9-11H2,(H,22,27)(H,23,24)(H,26,28). The zero-order valence-corrected chi connectivity index (χ0v) is 15.0. The molecule has 7 nitrogen and oxygen atoms in total. The van der Waals surface area contributed by atoms with Crippen LogP contribution in [0.3, 0.4) is 0 Å². The molecule has 0 unspecified atom stereocenters. The molecule has 1 aliphatic rings. The number of H-pyrrole nitrogens is 2. The first-order valence-corrected chi connectivity index (χ1v) is 9.12. The number of nitrogens with one attached hydrogen (secondary N) is 3. The average Bonchev–Trinajstić information content (AvgIpc) is 3.14. The van der Waals surface area contributed by atoms with Crippen LogP contribution in [0.25, 0.3) is 22.3 Å². The number of rotatable bonds is 3. The van der Waals surface area contributed by atoms with Crippen molar-refractivity contribution in [3.8, 4) is 11.3 Å². The van der Waals surface area contributed by atoms with E-state index in [1.807, 2.05) is 48.5 Å². The molecule has 0 atom stereocenters. The molecule has 4 aromatic rings. The van der Waals surface area contributed by atoms with Gasteiger partial charge in [-0.05, 0) is 36.1 Å². The lowest BCUT2D eigenvalue weighted by molar-refractivity contribution is 0.0947. The van der Waals surface area contributed by atoms with E-state index in [1.165, 1.54) is 5.56 Å². The van der Waals surface area contributed by atoms with Crippen molar-refractivity contribution in [2.24, 2.45) is 0 Å². The molecule has 0 fully saturated rings. The molecule has 138 valence electrons. The first-order chi connectivity index (χ1) is 13.7. The summed E-state index contributed by atoms with van der Waals surface area (Å²) in [7, 11) is 0. The first kappa shape index (κ1) is 16.4. The van der Waals surface area contributed by atoms with E-state index in [4.69, 9.17) is 0 Å². The Bertz CT molecular complexity index is 1240. The lowest BCUT2D eigenvalue weighted by Gasteiger charge is -2.20. The maximum Gasteiger partial charge on any atom is 0.277 e. The molecule has 5 rings (SSSR count). The predicted molar refractivity (Wildman–Crippen MR) is 105 cm³/mol. The molecule has 28 heavy (non-hydrogen) atoms. The van der Waals surface area contributed by atoms with Gasteiger partial charge in [-0.2, -0.15) is 5.10 Å². The summed E-state index contributed by atoms with van der Waals surface area (Å²) in [4.78, 5) is 32.8. The van der Waals surface area contributed by atoms with Crippen molar-refractivity contribution in [2.75, 3.05) is 0 Å². The van der Waals surface area contributed by atoms with Gasteiger partial charge in [0.15, 0.2) is 0 Å². The van der Waals surface area contributed by atoms with Crippen LogP contribution in [0, 0.1) is 0 Å². The Morgan fingerprint density at radius 1 is 1.07 bits per heavy atom. The summed E-state index contributed by atoms with van der Waals surface area (Å²) < 4.78 is 0. The van der Waals surface area contributed by atoms with Crippen LogP contribution in [0.1, 0.15) is 27.3 Å². The average molecular weight is 371 g/mol. The van der Waals surface area contributed by atoms with Crippen molar-refractivity contribution in [3.63, 3.8) is 0 Å². The quantitative estimate of drug-likeness (QED) is 0.514. The van der Waals surface area contributed by atoms with Gasteiger partial charge in [0.25, 0.3) is 11.5 Å². The fraction of sp³-hybridized carbons (Fsp3) is 0.143. The van der Waals surface area contributed by atoms with Gasteiger partial charge in [0.2, 0.25) is 0 Å². The molecule has 0 bridgehead atoms. The number of hydrogen-bond donors (Lipinski definition) is 3. The highest BCUT2D eigenvalue weighted by Gasteiger charge is 2.25. The van der Waals surface area contributed by atoms with Gasteiger partial charge in [0.1, 0.15) is 11.4 Å². The highest BCUT2D eigenvalue weighted by Crippen LogP contribution is 2.31. The summed E-state index contributed by atoms with van der Waals surface area (Å²) in [5.41, 5.74) is 4.91. The monoisotopic (exact) mass is 371 g/mol. The van der Waals surface area contributed by atoms with E-state index in [9.17, 15) is 9.59 Å². The number of fused-ring (bicyclic) bond motifs is 4. The van der Waals surface area contributed by atoms with Crippen molar-refractivity contribution in [1.82, 2.24) is 25.5 Å². The van der Waals surface area contributed by atoms with Crippen LogP contribution in [-0.4, -0.2) is 26.1 Å². The van der Waals surface area contributed by atoms with Gasteiger partial charge in [0.05, 0.1) is 23.3 Å². The molecule has 0 saturated heterocycles. The number of amides is 1. The molecule has 2 aromatic carbocycles. The van der Waals surface area contributed by atoms with Gasteiger partial charge < -0.3 is 10.3 Å². The lowest BCUT2D eigenvalue weighted by Crippen LogP contribution is -2.33. The first-order valence-electron chi connectivity index (χ1n) is 9.12. The number of nitrogens with zero attached hydrogens (tertiary/aromatic N) is 2. The molecule has 2 aromatic heterocycles. The van der Waals surface area contributed by atoms with Gasteiger partial charge in [-0.1, -0.05) is 36.4 Å². The highest BCUT2D eigenvalue weighted by molar-refractivity contribution is 5.97. The molecule has 1 amide bonds. The summed E-state index contributed by atoms with van der Waals surface area (Å²) in [6.07, 6.45) is 1.38. The summed E-state index contributed by atoms with van der Waals surface area (Å²) in [5, 5.41) is 9.50. The molecule has 2 heterocycles. The van der Waals surface area contributed by atoms with Crippen molar-refractivity contribution in [2.45, 2.75) is 19.4 Å². The fourth-order valence-corrected chi connectivity index (χ4v) is 3.76. The van der Waals surface area contributed by atoms with E-state index in [1.54, 1.807) is 0 Å². The maximum atomic E-state index is 12.8. The minimum absolute atomic E-state index is 0.135. The molecule has 0 saturated carbocycles. The van der Waals surface area contributed by atoms with E-state index in [2.05, 4.69) is 25.5 Å². The Labute approximate surface area is 159 Å². The number of carbonyl (C=O) groups is 1. The number of hydrogen-bond acceptors (Lipinski definition) is 4. The minimum Gasteiger partial charge on any atom is -0.345 e. The van der Waals surface area contributed by atoms with Crippen LogP contribution in [-0.2, 0) is 19.4 Å². The van der Waals surface area contributed by atoms with E-state index < -0.39 is 11.5 Å². The Balaban J connectivity index is 1.46. The molecule has 0 aliphatic heterocycles. The smallest absolute Gasteiger partial charge is 0.277 e. The molecule has 0 radical (unpaired) electrons. The Hall–Kier alpha value is -3.74. The largest absolute Gasteiger partial charge is 0.345 e. The van der Waals surface area contributed by atoms with Gasteiger partial charge in [-0.3, -0.25) is 9.59 Å². The zero-order chi connectivity index (χ0) is 19.1.